The number of esters is 1. The van der Waals surface area contributed by atoms with Crippen LogP contribution in [-0.2, 0) is 19.1 Å². The predicted molar refractivity (Wildman–Crippen MR) is 122 cm³/mol. The summed E-state index contributed by atoms with van der Waals surface area (Å²) in [5.74, 6) is 0.848. The minimum absolute atomic E-state index is 0.107. The minimum atomic E-state index is -0.568. The molecule has 11 nitrogen and oxygen atoms in total. The molecule has 3 heterocycles. The highest BCUT2D eigenvalue weighted by Gasteiger charge is 2.35. The maximum Gasteiger partial charge on any atom is 0.338 e. The van der Waals surface area contributed by atoms with Crippen molar-refractivity contribution in [3.63, 3.8) is 0 Å². The van der Waals surface area contributed by atoms with Gasteiger partial charge in [0, 0.05) is 18.8 Å². The van der Waals surface area contributed by atoms with E-state index in [1.54, 1.807) is 28.6 Å². The van der Waals surface area contributed by atoms with E-state index in [4.69, 9.17) is 18.9 Å². The second-order valence-electron chi connectivity index (χ2n) is 7.92. The normalized spacial score (nSPS) is 17.6. The molecule has 0 spiro atoms. The number of amides is 1. The molecule has 1 N–H and O–H groups in total. The van der Waals surface area contributed by atoms with Gasteiger partial charge < -0.3 is 29.2 Å². The van der Waals surface area contributed by atoms with Crippen LogP contribution in [0.3, 0.4) is 0 Å². The molecule has 2 aliphatic rings. The van der Waals surface area contributed by atoms with E-state index >= 15 is 0 Å². The molecule has 0 saturated carbocycles. The first kappa shape index (κ1) is 23.6. The lowest BCUT2D eigenvalue weighted by Crippen LogP contribution is -2.43. The molecule has 2 aliphatic heterocycles. The molecule has 0 radical (unpaired) electrons. The molecule has 0 bridgehead atoms. The van der Waals surface area contributed by atoms with Gasteiger partial charge in [-0.25, -0.2) is 9.48 Å². The number of nitrogens with zero attached hydrogens (tertiary/aromatic N) is 4. The lowest BCUT2D eigenvalue weighted by molar-refractivity contribution is -0.139. The van der Waals surface area contributed by atoms with Crippen LogP contribution >= 0.6 is 0 Å². The van der Waals surface area contributed by atoms with Crippen molar-refractivity contribution in [3.8, 4) is 11.5 Å². The lowest BCUT2D eigenvalue weighted by Gasteiger charge is -2.29. The van der Waals surface area contributed by atoms with Gasteiger partial charge in [-0.2, -0.15) is 10.1 Å². The highest BCUT2D eigenvalue weighted by Crippen LogP contribution is 2.38. The van der Waals surface area contributed by atoms with E-state index in [9.17, 15) is 9.59 Å². The number of rotatable bonds is 8. The Morgan fingerprint density at radius 1 is 1.24 bits per heavy atom. The first-order chi connectivity index (χ1) is 16.5. The Bertz CT molecular complexity index is 1080. The molecule has 2 aromatic rings. The Morgan fingerprint density at radius 3 is 2.76 bits per heavy atom. The maximum absolute atomic E-state index is 12.9. The lowest BCUT2D eigenvalue weighted by atomic mass is 9.95. The van der Waals surface area contributed by atoms with Crippen LogP contribution in [0.4, 0.5) is 5.95 Å². The zero-order valence-corrected chi connectivity index (χ0v) is 19.6. The highest BCUT2D eigenvalue weighted by molar-refractivity contribution is 5.92. The summed E-state index contributed by atoms with van der Waals surface area (Å²) in [4.78, 5) is 31.4. The number of morpholine rings is 1. The Balaban J connectivity index is 1.59. The van der Waals surface area contributed by atoms with Gasteiger partial charge in [-0.1, -0.05) is 13.0 Å². The van der Waals surface area contributed by atoms with Gasteiger partial charge in [-0.15, -0.1) is 0 Å². The summed E-state index contributed by atoms with van der Waals surface area (Å²) in [6.07, 6.45) is 2.14. The molecule has 4 rings (SSSR count). The molecule has 34 heavy (non-hydrogen) atoms. The van der Waals surface area contributed by atoms with Gasteiger partial charge in [0.25, 0.3) is 5.91 Å². The number of carbonyl (C=O) groups is 2. The van der Waals surface area contributed by atoms with Gasteiger partial charge >= 0.3 is 5.97 Å². The summed E-state index contributed by atoms with van der Waals surface area (Å²) in [6, 6.07) is 4.75. The third-order valence-corrected chi connectivity index (χ3v) is 5.67. The largest absolute Gasteiger partial charge is 0.493 e. The van der Waals surface area contributed by atoms with E-state index in [1.165, 1.54) is 13.4 Å². The van der Waals surface area contributed by atoms with Crippen molar-refractivity contribution in [2.75, 3.05) is 51.9 Å². The summed E-state index contributed by atoms with van der Waals surface area (Å²) in [6.45, 7) is 6.12. The zero-order valence-electron chi connectivity index (χ0n) is 19.6. The molecule has 1 fully saturated rings. The van der Waals surface area contributed by atoms with Gasteiger partial charge in [0.1, 0.15) is 12.4 Å². The topological polar surface area (TPSA) is 117 Å². The predicted octanol–water partition coefficient (Wildman–Crippen LogP) is 1.77. The van der Waals surface area contributed by atoms with E-state index in [0.717, 1.165) is 5.56 Å². The van der Waals surface area contributed by atoms with E-state index in [1.807, 2.05) is 13.0 Å². The van der Waals surface area contributed by atoms with Gasteiger partial charge in [0.15, 0.2) is 18.1 Å². The summed E-state index contributed by atoms with van der Waals surface area (Å²) >= 11 is 0. The number of fused-ring (bicyclic) bond motifs is 1. The number of benzene rings is 1. The summed E-state index contributed by atoms with van der Waals surface area (Å²) < 4.78 is 23.7. The Hall–Kier alpha value is -3.60. The Labute approximate surface area is 197 Å². The number of allylic oxidation sites excluding steroid dienone is 1. The fraction of sp³-hybridized carbons (Fsp3) is 0.478. The maximum atomic E-state index is 12.9. The van der Waals surface area contributed by atoms with Crippen LogP contribution in [0.2, 0.25) is 0 Å². The van der Waals surface area contributed by atoms with E-state index in [2.05, 4.69) is 15.4 Å². The fourth-order valence-electron chi connectivity index (χ4n) is 3.95. The second-order valence-corrected chi connectivity index (χ2v) is 7.92. The molecule has 1 atom stereocenters. The van der Waals surface area contributed by atoms with Crippen LogP contribution in [0.5, 0.6) is 11.5 Å². The Kier molecular flexibility index (Phi) is 7.31. The number of nitrogens with one attached hydrogen (secondary N) is 1. The molecule has 11 heteroatoms. The van der Waals surface area contributed by atoms with Gasteiger partial charge in [-0.3, -0.25) is 4.79 Å². The average molecular weight is 472 g/mol. The van der Waals surface area contributed by atoms with Gasteiger partial charge in [-0.05, 0) is 31.0 Å². The van der Waals surface area contributed by atoms with Crippen molar-refractivity contribution < 1.29 is 28.5 Å². The van der Waals surface area contributed by atoms with E-state index < -0.39 is 12.0 Å². The molecule has 1 amide bonds. The Morgan fingerprint density at radius 2 is 2.03 bits per heavy atom. The van der Waals surface area contributed by atoms with Gasteiger partial charge in [0.2, 0.25) is 5.95 Å². The standard InChI is InChI=1S/C23H29N5O6/c1-4-9-33-22(30)20-15(2)26-23-24-14-25-28(23)21(20)16-5-6-17(18(12-16)31-3)34-13-19(29)27-7-10-32-11-8-27/h5-6,12,14,21H,4,7-11,13H2,1-3H3,(H,24,25,26). The monoisotopic (exact) mass is 471 g/mol. The number of hydrogen-bond acceptors (Lipinski definition) is 9. The van der Waals surface area contributed by atoms with Crippen molar-refractivity contribution in [1.82, 2.24) is 19.7 Å². The number of methoxy groups -OCH3 is 1. The number of hydrogen-bond donors (Lipinski definition) is 1. The van der Waals surface area contributed by atoms with Crippen molar-refractivity contribution >= 4 is 17.8 Å². The summed E-state index contributed by atoms with van der Waals surface area (Å²) in [5, 5.41) is 7.43. The van der Waals surface area contributed by atoms with Crippen molar-refractivity contribution in [2.45, 2.75) is 26.3 Å². The zero-order chi connectivity index (χ0) is 24.1. The fourth-order valence-corrected chi connectivity index (χ4v) is 3.95. The molecule has 1 unspecified atom stereocenters. The molecule has 1 aromatic carbocycles. The highest BCUT2D eigenvalue weighted by atomic mass is 16.5. The summed E-state index contributed by atoms with van der Waals surface area (Å²) in [5.41, 5.74) is 1.81. The third-order valence-electron chi connectivity index (χ3n) is 5.67. The number of aromatic nitrogens is 3. The first-order valence-corrected chi connectivity index (χ1v) is 11.2. The SMILES string of the molecule is CCCOC(=O)C1=C(C)Nc2ncnn2C1c1ccc(OCC(=O)N2CCOCC2)c(OC)c1. The van der Waals surface area contributed by atoms with E-state index in [0.29, 0.717) is 68.0 Å². The van der Waals surface area contributed by atoms with Crippen LogP contribution < -0.4 is 14.8 Å². The smallest absolute Gasteiger partial charge is 0.338 e. The summed E-state index contributed by atoms with van der Waals surface area (Å²) in [7, 11) is 1.52. The quantitative estimate of drug-likeness (QED) is 0.575. The molecule has 182 valence electrons. The number of anilines is 1. The first-order valence-electron chi connectivity index (χ1n) is 11.2. The van der Waals surface area contributed by atoms with Crippen LogP contribution in [0.25, 0.3) is 0 Å². The number of ether oxygens (including phenoxy) is 4. The van der Waals surface area contributed by atoms with E-state index in [-0.39, 0.29) is 12.5 Å². The van der Waals surface area contributed by atoms with Crippen molar-refractivity contribution in [3.05, 3.63) is 41.4 Å². The minimum Gasteiger partial charge on any atom is -0.493 e. The second kappa shape index (κ2) is 10.6. The molecule has 0 aliphatic carbocycles. The molecular weight excluding hydrogens is 442 g/mol. The number of carbonyl (C=O) groups excluding carboxylic acids is 2. The molecular formula is C23H29N5O6. The van der Waals surface area contributed by atoms with Crippen LogP contribution in [0.1, 0.15) is 31.9 Å². The third kappa shape index (κ3) is 4.84. The van der Waals surface area contributed by atoms with Crippen molar-refractivity contribution in [2.24, 2.45) is 0 Å². The van der Waals surface area contributed by atoms with Crippen LogP contribution in [0.15, 0.2) is 35.8 Å². The van der Waals surface area contributed by atoms with Crippen molar-refractivity contribution in [1.29, 1.82) is 0 Å². The molecule has 1 aromatic heterocycles. The van der Waals surface area contributed by atoms with Gasteiger partial charge in [0.05, 0.1) is 32.5 Å². The average Bonchev–Trinajstić information content (AvgIpc) is 3.33. The van der Waals surface area contributed by atoms with Crippen LogP contribution in [0, 0.1) is 0 Å². The van der Waals surface area contributed by atoms with Crippen LogP contribution in [-0.4, -0.2) is 78.2 Å². The molecule has 1 saturated heterocycles.